The van der Waals surface area contributed by atoms with Gasteiger partial charge in [0.15, 0.2) is 5.15 Å². The molecule has 15 heavy (non-hydrogen) atoms. The fourth-order valence-corrected chi connectivity index (χ4v) is 1.47. The van der Waals surface area contributed by atoms with Gasteiger partial charge in [-0.3, -0.25) is 5.10 Å². The van der Waals surface area contributed by atoms with Gasteiger partial charge in [-0.15, -0.1) is 0 Å². The summed E-state index contributed by atoms with van der Waals surface area (Å²) >= 11 is 5.92. The number of nitrogens with one attached hydrogen (secondary N) is 1. The van der Waals surface area contributed by atoms with Crippen molar-refractivity contribution in [2.45, 2.75) is 0 Å². The molecular weight excluding hydrogens is 218 g/mol. The van der Waals surface area contributed by atoms with Crippen LogP contribution in [0.25, 0.3) is 22.6 Å². The minimum Gasteiger partial charge on any atom is -0.353 e. The lowest BCUT2D eigenvalue weighted by Crippen LogP contribution is -1.89. The zero-order chi connectivity index (χ0) is 10.3. The summed E-state index contributed by atoms with van der Waals surface area (Å²) in [6.45, 7) is 0. The Morgan fingerprint density at radius 2 is 2.27 bits per heavy atom. The molecule has 0 saturated carbocycles. The summed E-state index contributed by atoms with van der Waals surface area (Å²) in [5, 5.41) is 10.4. The quantitative estimate of drug-likeness (QED) is 0.632. The Kier molecular flexibility index (Phi) is 1.69. The van der Waals surface area contributed by atoms with Crippen LogP contribution in [-0.2, 0) is 0 Å². The molecule has 3 aromatic rings. The third-order valence-corrected chi connectivity index (χ3v) is 2.17. The molecule has 74 valence electrons. The second kappa shape index (κ2) is 3.03. The lowest BCUT2D eigenvalue weighted by Gasteiger charge is -1.95. The van der Waals surface area contributed by atoms with E-state index in [4.69, 9.17) is 16.1 Å². The van der Waals surface area contributed by atoms with E-state index in [1.807, 2.05) is 0 Å². The van der Waals surface area contributed by atoms with E-state index in [0.717, 1.165) is 0 Å². The molecule has 3 heterocycles. The first-order chi connectivity index (χ1) is 7.34. The molecule has 0 saturated heterocycles. The van der Waals surface area contributed by atoms with Crippen molar-refractivity contribution < 1.29 is 4.52 Å². The van der Waals surface area contributed by atoms with Crippen LogP contribution in [0.4, 0.5) is 0 Å². The van der Waals surface area contributed by atoms with Gasteiger partial charge >= 0.3 is 0 Å². The summed E-state index contributed by atoms with van der Waals surface area (Å²) < 4.78 is 4.94. The van der Waals surface area contributed by atoms with E-state index in [0.29, 0.717) is 22.6 Å². The van der Waals surface area contributed by atoms with Gasteiger partial charge in [-0.1, -0.05) is 16.8 Å². The number of rotatable bonds is 1. The second-order valence-electron chi connectivity index (χ2n) is 2.83. The molecule has 6 nitrogen and oxygen atoms in total. The molecule has 0 atom stereocenters. The zero-order valence-electron chi connectivity index (χ0n) is 7.31. The highest BCUT2D eigenvalue weighted by Crippen LogP contribution is 2.22. The van der Waals surface area contributed by atoms with Crippen molar-refractivity contribution in [3.8, 4) is 11.6 Å². The van der Waals surface area contributed by atoms with E-state index >= 15 is 0 Å². The maximum Gasteiger partial charge on any atom is 0.204 e. The van der Waals surface area contributed by atoms with Crippen molar-refractivity contribution in [3.05, 3.63) is 23.6 Å². The zero-order valence-corrected chi connectivity index (χ0v) is 8.06. The lowest BCUT2D eigenvalue weighted by atomic mass is 10.4. The predicted molar refractivity (Wildman–Crippen MR) is 52.2 cm³/mol. The SMILES string of the molecule is Clc1nc(-c2ccno2)nc2c[nH]nc12. The number of hydrogen-bond donors (Lipinski definition) is 1. The maximum atomic E-state index is 5.92. The van der Waals surface area contributed by atoms with Gasteiger partial charge in [-0.05, 0) is 0 Å². The highest BCUT2D eigenvalue weighted by atomic mass is 35.5. The van der Waals surface area contributed by atoms with Gasteiger partial charge in [-0.2, -0.15) is 5.10 Å². The van der Waals surface area contributed by atoms with Crippen molar-refractivity contribution in [1.29, 1.82) is 0 Å². The Morgan fingerprint density at radius 3 is 3.07 bits per heavy atom. The molecule has 1 N–H and O–H groups in total. The molecule has 0 aliphatic carbocycles. The van der Waals surface area contributed by atoms with Crippen LogP contribution in [0.15, 0.2) is 23.0 Å². The second-order valence-corrected chi connectivity index (χ2v) is 3.19. The van der Waals surface area contributed by atoms with E-state index in [1.165, 1.54) is 6.20 Å². The van der Waals surface area contributed by atoms with Gasteiger partial charge in [0.25, 0.3) is 0 Å². The molecule has 0 aliphatic heterocycles. The van der Waals surface area contributed by atoms with Crippen molar-refractivity contribution in [3.63, 3.8) is 0 Å². The molecule has 0 unspecified atom stereocenters. The number of aromatic nitrogens is 5. The molecule has 3 rings (SSSR count). The van der Waals surface area contributed by atoms with Crippen LogP contribution in [0.3, 0.4) is 0 Å². The van der Waals surface area contributed by atoms with E-state index in [-0.39, 0.29) is 5.15 Å². The molecule has 0 aromatic carbocycles. The van der Waals surface area contributed by atoms with Gasteiger partial charge in [0, 0.05) is 12.3 Å². The lowest BCUT2D eigenvalue weighted by molar-refractivity contribution is 0.430. The number of nitrogens with zero attached hydrogens (tertiary/aromatic N) is 4. The third-order valence-electron chi connectivity index (χ3n) is 1.90. The van der Waals surface area contributed by atoms with E-state index in [9.17, 15) is 0 Å². The standard InChI is InChI=1S/C8H4ClN5O/c9-7-6-4(3-10-14-6)12-8(13-7)5-1-2-11-15-5/h1-3H,(H,10,14). The number of fused-ring (bicyclic) bond motifs is 1. The van der Waals surface area contributed by atoms with Crippen LogP contribution in [0.5, 0.6) is 0 Å². The average molecular weight is 222 g/mol. The molecule has 7 heteroatoms. The third kappa shape index (κ3) is 1.26. The summed E-state index contributed by atoms with van der Waals surface area (Å²) in [5.41, 5.74) is 1.18. The van der Waals surface area contributed by atoms with Crippen molar-refractivity contribution >= 4 is 22.6 Å². The molecule has 0 radical (unpaired) electrons. The van der Waals surface area contributed by atoms with Crippen molar-refractivity contribution in [2.75, 3.05) is 0 Å². The van der Waals surface area contributed by atoms with E-state index < -0.39 is 0 Å². The average Bonchev–Trinajstić information content (AvgIpc) is 2.88. The molecule has 0 fully saturated rings. The smallest absolute Gasteiger partial charge is 0.204 e. The van der Waals surface area contributed by atoms with Crippen LogP contribution in [0.1, 0.15) is 0 Å². The molecule has 0 aliphatic rings. The van der Waals surface area contributed by atoms with E-state index in [1.54, 1.807) is 12.3 Å². The highest BCUT2D eigenvalue weighted by molar-refractivity contribution is 6.33. The van der Waals surface area contributed by atoms with Gasteiger partial charge in [0.2, 0.25) is 11.6 Å². The Morgan fingerprint density at radius 1 is 1.33 bits per heavy atom. The fourth-order valence-electron chi connectivity index (χ4n) is 1.25. The number of hydrogen-bond acceptors (Lipinski definition) is 5. The van der Waals surface area contributed by atoms with Gasteiger partial charge in [0.1, 0.15) is 11.0 Å². The molecule has 0 spiro atoms. The first-order valence-corrected chi connectivity index (χ1v) is 4.50. The summed E-state index contributed by atoms with van der Waals surface area (Å²) in [6, 6.07) is 1.66. The Labute approximate surface area is 88.3 Å². The minimum atomic E-state index is 0.285. The highest BCUT2D eigenvalue weighted by Gasteiger charge is 2.11. The maximum absolute atomic E-state index is 5.92. The molecular formula is C8H4ClN5O. The first kappa shape index (κ1) is 8.37. The summed E-state index contributed by atoms with van der Waals surface area (Å²) in [4.78, 5) is 8.27. The first-order valence-electron chi connectivity index (χ1n) is 4.12. The van der Waals surface area contributed by atoms with Gasteiger partial charge in [-0.25, -0.2) is 9.97 Å². The number of halogens is 1. The summed E-state index contributed by atoms with van der Waals surface area (Å²) in [6.07, 6.45) is 3.16. The largest absolute Gasteiger partial charge is 0.353 e. The Bertz CT molecular complexity index is 603. The predicted octanol–water partition coefficient (Wildman–Crippen LogP) is 1.66. The summed E-state index contributed by atoms with van der Waals surface area (Å²) in [5.74, 6) is 0.867. The normalized spacial score (nSPS) is 11.0. The van der Waals surface area contributed by atoms with Crippen molar-refractivity contribution in [2.24, 2.45) is 0 Å². The van der Waals surface area contributed by atoms with E-state index in [2.05, 4.69) is 25.3 Å². The van der Waals surface area contributed by atoms with Gasteiger partial charge in [0.05, 0.1) is 6.20 Å². The molecule has 3 aromatic heterocycles. The van der Waals surface area contributed by atoms with Crippen LogP contribution in [0.2, 0.25) is 5.15 Å². The number of H-pyrrole nitrogens is 1. The molecule has 0 bridgehead atoms. The molecule has 0 amide bonds. The van der Waals surface area contributed by atoms with Crippen LogP contribution >= 0.6 is 11.6 Å². The minimum absolute atomic E-state index is 0.285. The monoisotopic (exact) mass is 221 g/mol. The van der Waals surface area contributed by atoms with Crippen LogP contribution in [-0.4, -0.2) is 25.3 Å². The fraction of sp³-hybridized carbons (Fsp3) is 0. The van der Waals surface area contributed by atoms with Gasteiger partial charge < -0.3 is 4.52 Å². The summed E-state index contributed by atoms with van der Waals surface area (Å²) in [7, 11) is 0. The topological polar surface area (TPSA) is 80.5 Å². The Hall–Kier alpha value is -1.95. The van der Waals surface area contributed by atoms with Crippen molar-refractivity contribution in [1.82, 2.24) is 25.3 Å². The van der Waals surface area contributed by atoms with Crippen LogP contribution in [0, 0.1) is 0 Å². The number of aromatic amines is 1. The Balaban J connectivity index is 2.29. The van der Waals surface area contributed by atoms with Crippen LogP contribution < -0.4 is 0 Å².